The fourth-order valence-electron chi connectivity index (χ4n) is 1.25. The molecule has 0 aliphatic heterocycles. The van der Waals surface area contributed by atoms with Gasteiger partial charge in [-0.1, -0.05) is 36.4 Å². The predicted octanol–water partition coefficient (Wildman–Crippen LogP) is 2.62. The molecule has 2 rings (SSSR count). The van der Waals surface area contributed by atoms with E-state index in [1.165, 1.54) is 6.92 Å². The fraction of sp³-hybridized carbons (Fsp3) is 0.500. The summed E-state index contributed by atoms with van der Waals surface area (Å²) in [5.74, 6) is -4.83. The average molecular weight is 271 g/mol. The number of rotatable bonds is 5. The van der Waals surface area contributed by atoms with Crippen molar-refractivity contribution in [2.45, 2.75) is 31.7 Å². The van der Waals surface area contributed by atoms with Crippen LogP contribution in [0.1, 0.15) is 19.8 Å². The van der Waals surface area contributed by atoms with Gasteiger partial charge in [0.25, 0.3) is 0 Å². The Morgan fingerprint density at radius 3 is 2.05 bits per heavy atom. The number of alkyl halides is 2. The summed E-state index contributed by atoms with van der Waals surface area (Å²) in [5, 5.41) is 2.59. The van der Waals surface area contributed by atoms with Crippen LogP contribution in [0.25, 0.3) is 0 Å². The number of esters is 1. The van der Waals surface area contributed by atoms with Gasteiger partial charge >= 0.3 is 11.9 Å². The number of carbonyl (C=O) groups excluding carboxylic acids is 1. The van der Waals surface area contributed by atoms with Crippen molar-refractivity contribution in [1.29, 1.82) is 0 Å². The molecular formula is C14H19F2NO2. The van der Waals surface area contributed by atoms with Crippen molar-refractivity contribution < 1.29 is 18.3 Å². The summed E-state index contributed by atoms with van der Waals surface area (Å²) in [6, 6.07) is 12.2. The molecule has 1 aliphatic carbocycles. The van der Waals surface area contributed by atoms with Crippen molar-refractivity contribution in [3.05, 3.63) is 36.4 Å². The second kappa shape index (κ2) is 7.84. The molecule has 0 unspecified atom stereocenters. The molecule has 19 heavy (non-hydrogen) atoms. The Balaban J connectivity index is 0.000000250. The summed E-state index contributed by atoms with van der Waals surface area (Å²) in [4.78, 5) is 10.7. The molecule has 1 saturated carbocycles. The van der Waals surface area contributed by atoms with Gasteiger partial charge in [-0.15, -0.1) is 0 Å². The zero-order valence-electron chi connectivity index (χ0n) is 10.9. The van der Waals surface area contributed by atoms with Crippen LogP contribution in [-0.4, -0.2) is 31.1 Å². The lowest BCUT2D eigenvalue weighted by atomic mass is 10.3. The normalized spacial score (nSPS) is 14.3. The first kappa shape index (κ1) is 15.6. The van der Waals surface area contributed by atoms with Gasteiger partial charge in [-0.3, -0.25) is 0 Å². The second-order valence-corrected chi connectivity index (χ2v) is 4.23. The Hall–Kier alpha value is -1.49. The number of hydrogen-bond acceptors (Lipinski definition) is 3. The molecule has 1 aliphatic rings. The van der Waals surface area contributed by atoms with Crippen LogP contribution in [0.15, 0.2) is 36.4 Å². The molecule has 1 aromatic carbocycles. The Bertz CT molecular complexity index is 340. The number of ether oxygens (including phenoxy) is 1. The molecule has 0 aromatic heterocycles. The molecular weight excluding hydrogens is 252 g/mol. The Kier molecular flexibility index (Phi) is 6.42. The third-order valence-electron chi connectivity index (χ3n) is 2.43. The van der Waals surface area contributed by atoms with E-state index < -0.39 is 18.4 Å². The van der Waals surface area contributed by atoms with Crippen LogP contribution >= 0.6 is 0 Å². The van der Waals surface area contributed by atoms with Gasteiger partial charge < -0.3 is 10.1 Å². The molecule has 1 fully saturated rings. The van der Waals surface area contributed by atoms with Gasteiger partial charge in [0.2, 0.25) is 0 Å². The lowest BCUT2D eigenvalue weighted by Crippen LogP contribution is -2.41. The van der Waals surface area contributed by atoms with Crippen LogP contribution in [0.5, 0.6) is 0 Å². The maximum atomic E-state index is 12.9. The van der Waals surface area contributed by atoms with Crippen LogP contribution in [-0.2, 0) is 9.53 Å². The van der Waals surface area contributed by atoms with Crippen molar-refractivity contribution in [3.63, 3.8) is 0 Å². The van der Waals surface area contributed by atoms with Gasteiger partial charge in [-0.25, -0.2) is 4.79 Å². The summed E-state index contributed by atoms with van der Waals surface area (Å²) < 4.78 is 29.9. The van der Waals surface area contributed by atoms with Crippen molar-refractivity contribution in [2.24, 2.45) is 0 Å². The molecule has 1 aromatic rings. The van der Waals surface area contributed by atoms with Gasteiger partial charge in [0.05, 0.1) is 13.2 Å². The molecule has 0 spiro atoms. The van der Waals surface area contributed by atoms with Gasteiger partial charge in [0, 0.05) is 6.04 Å². The van der Waals surface area contributed by atoms with Crippen LogP contribution in [0.4, 0.5) is 8.78 Å². The first-order valence-electron chi connectivity index (χ1n) is 6.34. The number of hydrogen-bond donors (Lipinski definition) is 1. The third kappa shape index (κ3) is 6.86. The second-order valence-electron chi connectivity index (χ2n) is 4.23. The number of benzene rings is 1. The number of halogens is 2. The first-order valence-corrected chi connectivity index (χ1v) is 6.34. The highest BCUT2D eigenvalue weighted by atomic mass is 19.3. The molecule has 0 amide bonds. The summed E-state index contributed by atoms with van der Waals surface area (Å²) in [6.07, 6.45) is 1.83. The lowest BCUT2D eigenvalue weighted by molar-refractivity contribution is -0.170. The quantitative estimate of drug-likeness (QED) is 0.837. The van der Waals surface area contributed by atoms with Crippen molar-refractivity contribution >= 4 is 5.97 Å². The van der Waals surface area contributed by atoms with E-state index in [0.29, 0.717) is 0 Å². The van der Waals surface area contributed by atoms with Crippen LogP contribution < -0.4 is 5.32 Å². The molecule has 0 radical (unpaired) electrons. The smallest absolute Gasteiger partial charge is 0.378 e. The topological polar surface area (TPSA) is 38.3 Å². The minimum absolute atomic E-state index is 0.0160. The van der Waals surface area contributed by atoms with Gasteiger partial charge in [-0.2, -0.15) is 8.78 Å². The van der Waals surface area contributed by atoms with E-state index in [0.717, 1.165) is 12.8 Å². The average Bonchev–Trinajstić information content (AvgIpc) is 3.24. The first-order chi connectivity index (χ1) is 9.06. The lowest BCUT2D eigenvalue weighted by Gasteiger charge is -2.14. The maximum absolute atomic E-state index is 12.9. The highest BCUT2D eigenvalue weighted by molar-refractivity contribution is 5.77. The van der Waals surface area contributed by atoms with Gasteiger partial charge in [0.1, 0.15) is 0 Å². The van der Waals surface area contributed by atoms with Crippen molar-refractivity contribution in [2.75, 3.05) is 13.2 Å². The standard InChI is InChI=1S/C8H13F2NO2.C6H6/c1-2-13-7(12)8(9,10)5-11-6-3-4-6;1-2-4-6-5-3-1/h6,11H,2-5H2,1H3;1-6H. The fourth-order valence-corrected chi connectivity index (χ4v) is 1.25. The monoisotopic (exact) mass is 271 g/mol. The van der Waals surface area contributed by atoms with Crippen molar-refractivity contribution in [3.8, 4) is 0 Å². The van der Waals surface area contributed by atoms with E-state index >= 15 is 0 Å². The minimum atomic E-state index is -3.39. The number of carbonyl (C=O) groups is 1. The van der Waals surface area contributed by atoms with Gasteiger partial charge in [-0.05, 0) is 19.8 Å². The van der Waals surface area contributed by atoms with Gasteiger partial charge in [0.15, 0.2) is 0 Å². The largest absolute Gasteiger partial charge is 0.462 e. The van der Waals surface area contributed by atoms with E-state index in [4.69, 9.17) is 0 Å². The minimum Gasteiger partial charge on any atom is -0.462 e. The Morgan fingerprint density at radius 2 is 1.68 bits per heavy atom. The highest BCUT2D eigenvalue weighted by Gasteiger charge is 2.41. The molecule has 5 heteroatoms. The summed E-state index contributed by atoms with van der Waals surface area (Å²) in [7, 11) is 0. The molecule has 0 saturated heterocycles. The third-order valence-corrected chi connectivity index (χ3v) is 2.43. The maximum Gasteiger partial charge on any atom is 0.378 e. The van der Waals surface area contributed by atoms with E-state index in [-0.39, 0.29) is 12.6 Å². The predicted molar refractivity (Wildman–Crippen MR) is 69.0 cm³/mol. The summed E-state index contributed by atoms with van der Waals surface area (Å²) in [5.41, 5.74) is 0. The Morgan fingerprint density at radius 1 is 1.21 bits per heavy atom. The van der Waals surface area contributed by atoms with Crippen molar-refractivity contribution in [1.82, 2.24) is 5.32 Å². The summed E-state index contributed by atoms with van der Waals surface area (Å²) in [6.45, 7) is 0.872. The van der Waals surface area contributed by atoms with E-state index in [9.17, 15) is 13.6 Å². The molecule has 0 bridgehead atoms. The van der Waals surface area contributed by atoms with Crippen LogP contribution in [0.2, 0.25) is 0 Å². The van der Waals surface area contributed by atoms with Crippen LogP contribution in [0.3, 0.4) is 0 Å². The molecule has 1 N–H and O–H groups in total. The molecule has 3 nitrogen and oxygen atoms in total. The summed E-state index contributed by atoms with van der Waals surface area (Å²) >= 11 is 0. The number of nitrogens with one attached hydrogen (secondary N) is 1. The Labute approximate surface area is 112 Å². The zero-order valence-corrected chi connectivity index (χ0v) is 10.9. The van der Waals surface area contributed by atoms with E-state index in [1.54, 1.807) is 0 Å². The van der Waals surface area contributed by atoms with E-state index in [1.807, 2.05) is 36.4 Å². The SMILES string of the molecule is CCOC(=O)C(F)(F)CNC1CC1.c1ccccc1. The van der Waals surface area contributed by atoms with E-state index in [2.05, 4.69) is 10.1 Å². The highest BCUT2D eigenvalue weighted by Crippen LogP contribution is 2.21. The molecule has 0 atom stereocenters. The van der Waals surface area contributed by atoms with Crippen LogP contribution in [0, 0.1) is 0 Å². The molecule has 106 valence electrons. The zero-order chi connectivity index (χ0) is 14.1. The molecule has 0 heterocycles.